The van der Waals surface area contributed by atoms with Gasteiger partial charge in [-0.15, -0.1) is 0 Å². The Kier molecular flexibility index (Phi) is 5.84. The first kappa shape index (κ1) is 14.5. The van der Waals surface area contributed by atoms with E-state index in [9.17, 15) is 0 Å². The zero-order chi connectivity index (χ0) is 13.5. The van der Waals surface area contributed by atoms with Gasteiger partial charge in [-0.2, -0.15) is 0 Å². The maximum Gasteiger partial charge on any atom is 0.0573 e. The van der Waals surface area contributed by atoms with E-state index in [1.54, 1.807) is 0 Å². The van der Waals surface area contributed by atoms with Gasteiger partial charge in [0.15, 0.2) is 0 Å². The normalized spacial score (nSPS) is 24.1. The molecule has 1 aliphatic rings. The van der Waals surface area contributed by atoms with Crippen molar-refractivity contribution >= 4 is 0 Å². The summed E-state index contributed by atoms with van der Waals surface area (Å²) >= 11 is 0. The zero-order valence-electron chi connectivity index (χ0n) is 12.5. The van der Waals surface area contributed by atoms with Crippen LogP contribution in [-0.4, -0.2) is 11.0 Å². The summed E-state index contributed by atoms with van der Waals surface area (Å²) in [5.74, 6) is 0.966. The van der Waals surface area contributed by atoms with E-state index in [2.05, 4.69) is 30.2 Å². The molecule has 0 aromatic carbocycles. The van der Waals surface area contributed by atoms with Crippen molar-refractivity contribution in [3.05, 3.63) is 29.6 Å². The van der Waals surface area contributed by atoms with Crippen molar-refractivity contribution in [1.29, 1.82) is 0 Å². The van der Waals surface area contributed by atoms with Crippen LogP contribution >= 0.6 is 0 Å². The molecule has 1 aromatic rings. The van der Waals surface area contributed by atoms with Crippen LogP contribution in [0, 0.1) is 5.92 Å². The lowest BCUT2D eigenvalue weighted by atomic mass is 9.98. The number of aromatic nitrogens is 1. The molecule has 1 saturated carbocycles. The fourth-order valence-electron chi connectivity index (χ4n) is 3.18. The van der Waals surface area contributed by atoms with Crippen molar-refractivity contribution in [1.82, 2.24) is 10.3 Å². The van der Waals surface area contributed by atoms with Gasteiger partial charge >= 0.3 is 0 Å². The number of nitrogens with zero attached hydrogens (tertiary/aromatic N) is 1. The lowest BCUT2D eigenvalue weighted by molar-refractivity contribution is 0.423. The Balaban J connectivity index is 1.84. The van der Waals surface area contributed by atoms with Crippen molar-refractivity contribution < 1.29 is 0 Å². The smallest absolute Gasteiger partial charge is 0.0573 e. The Bertz CT molecular complexity index is 375. The lowest BCUT2D eigenvalue weighted by Crippen LogP contribution is -2.28. The second-order valence-corrected chi connectivity index (χ2v) is 5.82. The summed E-state index contributed by atoms with van der Waals surface area (Å²) in [5, 5.41) is 3.73. The monoisotopic (exact) mass is 260 g/mol. The fourth-order valence-corrected chi connectivity index (χ4v) is 3.18. The Morgan fingerprint density at radius 2 is 2.11 bits per heavy atom. The third kappa shape index (κ3) is 4.31. The van der Waals surface area contributed by atoms with E-state index in [1.807, 2.05) is 12.3 Å². The predicted molar refractivity (Wildman–Crippen MR) is 81.1 cm³/mol. The van der Waals surface area contributed by atoms with Gasteiger partial charge in [0.1, 0.15) is 0 Å². The second kappa shape index (κ2) is 7.64. The van der Waals surface area contributed by atoms with Crippen LogP contribution in [0.25, 0.3) is 0 Å². The molecule has 1 heterocycles. The average molecular weight is 260 g/mol. The second-order valence-electron chi connectivity index (χ2n) is 5.82. The first-order valence-corrected chi connectivity index (χ1v) is 7.99. The molecule has 0 spiro atoms. The minimum Gasteiger partial charge on any atom is -0.308 e. The van der Waals surface area contributed by atoms with E-state index in [-0.39, 0.29) is 0 Å². The van der Waals surface area contributed by atoms with Crippen LogP contribution in [0.2, 0.25) is 0 Å². The number of nitrogens with one attached hydrogen (secondary N) is 1. The Morgan fingerprint density at radius 1 is 1.21 bits per heavy atom. The number of aryl methyl sites for hydroxylation is 1. The number of pyridine rings is 1. The summed E-state index contributed by atoms with van der Waals surface area (Å²) in [5.41, 5.74) is 2.62. The van der Waals surface area contributed by atoms with Gasteiger partial charge in [-0.1, -0.05) is 39.2 Å². The topological polar surface area (TPSA) is 24.9 Å². The Hall–Kier alpha value is -0.890. The van der Waals surface area contributed by atoms with Gasteiger partial charge in [-0.05, 0) is 43.2 Å². The summed E-state index contributed by atoms with van der Waals surface area (Å²) < 4.78 is 0. The summed E-state index contributed by atoms with van der Waals surface area (Å²) in [6.45, 7) is 5.48. The lowest BCUT2D eigenvalue weighted by Gasteiger charge is -2.17. The van der Waals surface area contributed by atoms with Gasteiger partial charge in [0, 0.05) is 18.8 Å². The van der Waals surface area contributed by atoms with Gasteiger partial charge in [-0.25, -0.2) is 0 Å². The van der Waals surface area contributed by atoms with Crippen molar-refractivity contribution in [3.8, 4) is 0 Å². The third-order valence-corrected chi connectivity index (χ3v) is 4.59. The highest BCUT2D eigenvalue weighted by Gasteiger charge is 2.17. The van der Waals surface area contributed by atoms with E-state index >= 15 is 0 Å². The van der Waals surface area contributed by atoms with Gasteiger partial charge < -0.3 is 5.32 Å². The zero-order valence-corrected chi connectivity index (χ0v) is 12.5. The van der Waals surface area contributed by atoms with Crippen molar-refractivity contribution in [2.24, 2.45) is 5.92 Å². The molecule has 2 rings (SSSR count). The van der Waals surface area contributed by atoms with Crippen molar-refractivity contribution in [2.75, 3.05) is 0 Å². The molecule has 2 nitrogen and oxygen atoms in total. The molecule has 1 N–H and O–H groups in total. The van der Waals surface area contributed by atoms with Gasteiger partial charge in [0.25, 0.3) is 0 Å². The summed E-state index contributed by atoms with van der Waals surface area (Å²) in [6, 6.07) is 4.94. The highest BCUT2D eigenvalue weighted by atomic mass is 14.9. The van der Waals surface area contributed by atoms with Crippen LogP contribution < -0.4 is 5.32 Å². The first-order valence-electron chi connectivity index (χ1n) is 7.99. The van der Waals surface area contributed by atoms with Gasteiger partial charge in [0.2, 0.25) is 0 Å². The Labute approximate surface area is 118 Å². The molecule has 0 radical (unpaired) electrons. The fraction of sp³-hybridized carbons (Fsp3) is 0.706. The summed E-state index contributed by atoms with van der Waals surface area (Å²) in [7, 11) is 0. The molecule has 0 aliphatic heterocycles. The molecule has 0 bridgehead atoms. The molecule has 1 aliphatic carbocycles. The van der Waals surface area contributed by atoms with Crippen molar-refractivity contribution in [3.63, 3.8) is 0 Å². The van der Waals surface area contributed by atoms with E-state index < -0.39 is 0 Å². The maximum absolute atomic E-state index is 4.53. The molecule has 2 heteroatoms. The molecule has 0 saturated heterocycles. The average Bonchev–Trinajstić information content (AvgIpc) is 2.70. The molecule has 2 unspecified atom stereocenters. The number of rotatable bonds is 5. The number of hydrogen-bond acceptors (Lipinski definition) is 2. The summed E-state index contributed by atoms with van der Waals surface area (Å²) in [6.07, 6.45) is 11.2. The largest absolute Gasteiger partial charge is 0.308 e. The molecular formula is C17H28N2. The van der Waals surface area contributed by atoms with Crippen LogP contribution in [0.15, 0.2) is 18.3 Å². The van der Waals surface area contributed by atoms with Crippen LogP contribution in [-0.2, 0) is 13.0 Å². The van der Waals surface area contributed by atoms with E-state index in [0.717, 1.165) is 18.9 Å². The van der Waals surface area contributed by atoms with E-state index in [0.29, 0.717) is 6.04 Å². The van der Waals surface area contributed by atoms with Gasteiger partial charge in [0.05, 0.1) is 5.69 Å². The molecule has 19 heavy (non-hydrogen) atoms. The van der Waals surface area contributed by atoms with Crippen molar-refractivity contribution in [2.45, 2.75) is 71.4 Å². The SMILES string of the molecule is CCc1cccnc1CNC1CCCC(CC)CC1. The van der Waals surface area contributed by atoms with Gasteiger partial charge in [-0.3, -0.25) is 4.98 Å². The third-order valence-electron chi connectivity index (χ3n) is 4.59. The minimum atomic E-state index is 0.697. The molecule has 106 valence electrons. The quantitative estimate of drug-likeness (QED) is 0.806. The Morgan fingerprint density at radius 3 is 2.89 bits per heavy atom. The van der Waals surface area contributed by atoms with E-state index in [1.165, 1.54) is 49.8 Å². The molecule has 2 atom stereocenters. The first-order chi connectivity index (χ1) is 9.33. The highest BCUT2D eigenvalue weighted by molar-refractivity contribution is 5.19. The highest BCUT2D eigenvalue weighted by Crippen LogP contribution is 2.25. The van der Waals surface area contributed by atoms with Crippen LogP contribution in [0.5, 0.6) is 0 Å². The molecular weight excluding hydrogens is 232 g/mol. The van der Waals surface area contributed by atoms with E-state index in [4.69, 9.17) is 0 Å². The molecule has 1 aromatic heterocycles. The minimum absolute atomic E-state index is 0.697. The number of hydrogen-bond donors (Lipinski definition) is 1. The van der Waals surface area contributed by atoms with Crippen LogP contribution in [0.4, 0.5) is 0 Å². The van der Waals surface area contributed by atoms with Crippen LogP contribution in [0.1, 0.15) is 63.6 Å². The predicted octanol–water partition coefficient (Wildman–Crippen LogP) is 4.09. The maximum atomic E-state index is 4.53. The summed E-state index contributed by atoms with van der Waals surface area (Å²) in [4.78, 5) is 4.53. The van der Waals surface area contributed by atoms with Crippen LogP contribution in [0.3, 0.4) is 0 Å². The molecule has 0 amide bonds. The standard InChI is InChI=1S/C17H28N2/c1-3-14-7-5-9-16(11-10-14)19-13-17-15(4-2)8-6-12-18-17/h6,8,12,14,16,19H,3-5,7,9-11,13H2,1-2H3. The molecule has 1 fully saturated rings.